The van der Waals surface area contributed by atoms with E-state index in [-0.39, 0.29) is 11.4 Å². The minimum absolute atomic E-state index is 0.0326. The number of anilines is 2. The molecule has 0 atom stereocenters. The van der Waals surface area contributed by atoms with E-state index in [0.29, 0.717) is 5.82 Å². The Labute approximate surface area is 141 Å². The van der Waals surface area contributed by atoms with Gasteiger partial charge in [-0.1, -0.05) is 48.7 Å². The molecule has 0 aliphatic heterocycles. The lowest BCUT2D eigenvalue weighted by atomic mass is 9.78. The smallest absolute Gasteiger partial charge is 0.222 e. The Bertz CT molecular complexity index is 708. The molecular weight excluding hydrogens is 308 g/mol. The molecule has 5 heteroatoms. The summed E-state index contributed by atoms with van der Waals surface area (Å²) in [5.74, 6) is 0.640. The summed E-state index contributed by atoms with van der Waals surface area (Å²) in [6.45, 7) is 1.90. The van der Waals surface area contributed by atoms with Gasteiger partial charge >= 0.3 is 0 Å². The zero-order chi connectivity index (χ0) is 16.4. The summed E-state index contributed by atoms with van der Waals surface area (Å²) < 4.78 is 0. The van der Waals surface area contributed by atoms with Crippen LogP contribution in [0.5, 0.6) is 0 Å². The van der Waals surface area contributed by atoms with Gasteiger partial charge in [-0.25, -0.2) is 4.98 Å². The Kier molecular flexibility index (Phi) is 4.26. The molecule has 0 unspecified atom stereocenters. The molecule has 1 aromatic heterocycles. The zero-order valence-corrected chi connectivity index (χ0v) is 14.0. The second-order valence-corrected chi connectivity index (χ2v) is 6.61. The average molecular weight is 329 g/mol. The molecule has 0 spiro atoms. The van der Waals surface area contributed by atoms with Crippen LogP contribution in [0.4, 0.5) is 11.8 Å². The van der Waals surface area contributed by atoms with Crippen LogP contribution in [0.15, 0.2) is 30.3 Å². The van der Waals surface area contributed by atoms with E-state index < -0.39 is 0 Å². The van der Waals surface area contributed by atoms with E-state index >= 15 is 0 Å². The highest BCUT2D eigenvalue weighted by atomic mass is 35.5. The Morgan fingerprint density at radius 1 is 1.09 bits per heavy atom. The maximum Gasteiger partial charge on any atom is 0.222 e. The van der Waals surface area contributed by atoms with Crippen molar-refractivity contribution in [1.29, 1.82) is 0 Å². The molecule has 0 bridgehead atoms. The third-order valence-corrected chi connectivity index (χ3v) is 4.92. The average Bonchev–Trinajstić information content (AvgIpc) is 2.97. The highest BCUT2D eigenvalue weighted by molar-refractivity contribution is 6.30. The summed E-state index contributed by atoms with van der Waals surface area (Å²) in [5.41, 5.74) is 14.6. The highest BCUT2D eigenvalue weighted by Crippen LogP contribution is 2.43. The minimum atomic E-state index is 0.0326. The van der Waals surface area contributed by atoms with E-state index in [1.807, 2.05) is 25.1 Å². The predicted octanol–water partition coefficient (Wildman–Crippen LogP) is 4.13. The fourth-order valence-electron chi connectivity index (χ4n) is 3.41. The van der Waals surface area contributed by atoms with Crippen LogP contribution in [0, 0.1) is 6.92 Å². The normalized spacial score (nSPS) is 17.0. The molecule has 0 amide bonds. The first kappa shape index (κ1) is 15.8. The van der Waals surface area contributed by atoms with Crippen molar-refractivity contribution in [2.75, 3.05) is 11.5 Å². The molecule has 3 rings (SSSR count). The molecule has 1 saturated carbocycles. The van der Waals surface area contributed by atoms with Crippen LogP contribution in [-0.4, -0.2) is 9.97 Å². The first-order chi connectivity index (χ1) is 11.0. The van der Waals surface area contributed by atoms with Crippen LogP contribution >= 0.6 is 11.6 Å². The van der Waals surface area contributed by atoms with Gasteiger partial charge in [-0.15, -0.1) is 0 Å². The maximum atomic E-state index is 6.03. The van der Waals surface area contributed by atoms with Crippen LogP contribution in [-0.2, 0) is 5.41 Å². The van der Waals surface area contributed by atoms with E-state index in [4.69, 9.17) is 23.1 Å². The number of nitrogens with zero attached hydrogens (tertiary/aromatic N) is 2. The van der Waals surface area contributed by atoms with Crippen molar-refractivity contribution in [1.82, 2.24) is 9.97 Å². The summed E-state index contributed by atoms with van der Waals surface area (Å²) in [6.07, 6.45) is 8.99. The van der Waals surface area contributed by atoms with Crippen LogP contribution < -0.4 is 11.5 Å². The lowest BCUT2D eigenvalue weighted by Gasteiger charge is -2.26. The second kappa shape index (κ2) is 6.20. The third-order valence-electron chi connectivity index (χ3n) is 4.67. The molecule has 4 N–H and O–H groups in total. The number of hydrogen-bond donors (Lipinski definition) is 2. The van der Waals surface area contributed by atoms with Gasteiger partial charge in [-0.2, -0.15) is 4.98 Å². The molecule has 1 aliphatic carbocycles. The lowest BCUT2D eigenvalue weighted by molar-refractivity contribution is 0.560. The Morgan fingerprint density at radius 2 is 1.74 bits per heavy atom. The summed E-state index contributed by atoms with van der Waals surface area (Å²) in [7, 11) is 0. The number of benzene rings is 1. The molecule has 0 radical (unpaired) electrons. The second-order valence-electron chi connectivity index (χ2n) is 6.17. The van der Waals surface area contributed by atoms with Gasteiger partial charge in [0, 0.05) is 16.0 Å². The quantitative estimate of drug-likeness (QED) is 0.888. The molecule has 4 nitrogen and oxygen atoms in total. The van der Waals surface area contributed by atoms with E-state index in [2.05, 4.69) is 28.2 Å². The molecular formula is C18H21ClN4. The van der Waals surface area contributed by atoms with E-state index in [9.17, 15) is 0 Å². The third kappa shape index (κ3) is 3.17. The number of allylic oxidation sites excluding steroid dienone is 1. The fourth-order valence-corrected chi connectivity index (χ4v) is 3.54. The number of halogens is 1. The Balaban J connectivity index is 1.99. The summed E-state index contributed by atoms with van der Waals surface area (Å²) in [4.78, 5) is 8.27. The topological polar surface area (TPSA) is 77.8 Å². The van der Waals surface area contributed by atoms with Crippen LogP contribution in [0.2, 0.25) is 5.02 Å². The van der Waals surface area contributed by atoms with Crippen LogP contribution in [0.3, 0.4) is 0 Å². The summed E-state index contributed by atoms with van der Waals surface area (Å²) in [5, 5.41) is 0.762. The SMILES string of the molecule is Cc1nc(N)nc(N)c1/C=C/C1(c2ccc(Cl)cc2)CCCC1. The van der Waals surface area contributed by atoms with E-state index in [1.165, 1.54) is 18.4 Å². The number of aromatic nitrogens is 2. The van der Waals surface area contributed by atoms with Gasteiger partial charge in [0.15, 0.2) is 0 Å². The molecule has 120 valence electrons. The van der Waals surface area contributed by atoms with Crippen molar-refractivity contribution in [2.24, 2.45) is 0 Å². The number of aryl methyl sites for hydroxylation is 1. The first-order valence-corrected chi connectivity index (χ1v) is 8.23. The van der Waals surface area contributed by atoms with Gasteiger partial charge in [-0.3, -0.25) is 0 Å². The Morgan fingerprint density at radius 3 is 2.35 bits per heavy atom. The summed E-state index contributed by atoms with van der Waals surface area (Å²) in [6, 6.07) is 8.15. The number of hydrogen-bond acceptors (Lipinski definition) is 4. The molecule has 1 aromatic carbocycles. The van der Waals surface area contributed by atoms with Crippen molar-refractivity contribution >= 4 is 29.4 Å². The molecule has 1 aliphatic rings. The standard InChI is InChI=1S/C18H21ClN4/c1-12-15(16(20)23-17(21)22-12)8-11-18(9-2-3-10-18)13-4-6-14(19)7-5-13/h4-8,11H,2-3,9-10H2,1H3,(H4,20,21,22,23)/b11-8+. The van der Waals surface area contributed by atoms with Crippen molar-refractivity contribution < 1.29 is 0 Å². The summed E-state index contributed by atoms with van der Waals surface area (Å²) >= 11 is 6.03. The van der Waals surface area contributed by atoms with Gasteiger partial charge < -0.3 is 11.5 Å². The Hall–Kier alpha value is -2.07. The zero-order valence-electron chi connectivity index (χ0n) is 13.2. The molecule has 1 fully saturated rings. The maximum absolute atomic E-state index is 6.03. The molecule has 1 heterocycles. The first-order valence-electron chi connectivity index (χ1n) is 7.85. The highest BCUT2D eigenvalue weighted by Gasteiger charge is 2.33. The van der Waals surface area contributed by atoms with E-state index in [0.717, 1.165) is 29.1 Å². The van der Waals surface area contributed by atoms with Crippen molar-refractivity contribution in [3.8, 4) is 0 Å². The van der Waals surface area contributed by atoms with Gasteiger partial charge in [0.25, 0.3) is 0 Å². The molecule has 0 saturated heterocycles. The van der Waals surface area contributed by atoms with Crippen molar-refractivity contribution in [2.45, 2.75) is 38.0 Å². The van der Waals surface area contributed by atoms with Crippen molar-refractivity contribution in [3.63, 3.8) is 0 Å². The van der Waals surface area contributed by atoms with E-state index in [1.54, 1.807) is 0 Å². The van der Waals surface area contributed by atoms with Gasteiger partial charge in [0.2, 0.25) is 5.95 Å². The number of nitrogens with two attached hydrogens (primary N) is 2. The number of rotatable bonds is 3. The molecule has 23 heavy (non-hydrogen) atoms. The van der Waals surface area contributed by atoms with Crippen LogP contribution in [0.25, 0.3) is 6.08 Å². The lowest BCUT2D eigenvalue weighted by Crippen LogP contribution is -2.18. The minimum Gasteiger partial charge on any atom is -0.383 e. The van der Waals surface area contributed by atoms with Gasteiger partial charge in [0.05, 0.1) is 5.69 Å². The number of nitrogen functional groups attached to an aromatic ring is 2. The van der Waals surface area contributed by atoms with Crippen molar-refractivity contribution in [3.05, 3.63) is 52.2 Å². The van der Waals surface area contributed by atoms with Gasteiger partial charge in [0.1, 0.15) is 5.82 Å². The largest absolute Gasteiger partial charge is 0.383 e. The van der Waals surface area contributed by atoms with Crippen LogP contribution in [0.1, 0.15) is 42.5 Å². The van der Waals surface area contributed by atoms with Gasteiger partial charge in [-0.05, 0) is 37.5 Å². The monoisotopic (exact) mass is 328 g/mol. The fraction of sp³-hybridized carbons (Fsp3) is 0.333. The predicted molar refractivity (Wildman–Crippen MR) is 96.2 cm³/mol. The molecule has 2 aromatic rings.